The van der Waals surface area contributed by atoms with Gasteiger partial charge in [0.1, 0.15) is 23.9 Å². The number of rotatable bonds is 4. The van der Waals surface area contributed by atoms with Gasteiger partial charge in [-0.2, -0.15) is 0 Å². The van der Waals surface area contributed by atoms with Crippen molar-refractivity contribution in [2.24, 2.45) is 0 Å². The van der Waals surface area contributed by atoms with Gasteiger partial charge in [-0.3, -0.25) is 4.72 Å². The molecule has 2 aromatic carbocycles. The minimum Gasteiger partial charge on any atom is -0.495 e. The summed E-state index contributed by atoms with van der Waals surface area (Å²) in [4.78, 5) is -0.0395. The molecule has 0 saturated heterocycles. The molecule has 1 heterocycles. The topological polar surface area (TPSA) is 73.9 Å². The van der Waals surface area contributed by atoms with E-state index >= 15 is 0 Å². The highest BCUT2D eigenvalue weighted by Crippen LogP contribution is 2.34. The summed E-state index contributed by atoms with van der Waals surface area (Å²) in [5.74, 6) is 1.29. The van der Waals surface area contributed by atoms with E-state index in [4.69, 9.17) is 25.8 Å². The van der Waals surface area contributed by atoms with Gasteiger partial charge in [0.2, 0.25) is 0 Å². The van der Waals surface area contributed by atoms with Crippen molar-refractivity contribution >= 4 is 27.3 Å². The Labute approximate surface area is 139 Å². The van der Waals surface area contributed by atoms with E-state index in [1.54, 1.807) is 24.3 Å². The Morgan fingerprint density at radius 1 is 1.09 bits per heavy atom. The van der Waals surface area contributed by atoms with Crippen LogP contribution in [-0.2, 0) is 10.0 Å². The Hall–Kier alpha value is -2.12. The van der Waals surface area contributed by atoms with Crippen LogP contribution in [-0.4, -0.2) is 28.7 Å². The second kappa shape index (κ2) is 6.17. The predicted octanol–water partition coefficient (Wildman–Crippen LogP) is 2.92. The molecule has 0 bridgehead atoms. The van der Waals surface area contributed by atoms with E-state index in [0.717, 1.165) is 0 Å². The number of benzene rings is 2. The minimum absolute atomic E-state index is 0.0395. The van der Waals surface area contributed by atoms with Gasteiger partial charge in [-0.05, 0) is 30.3 Å². The van der Waals surface area contributed by atoms with Gasteiger partial charge in [0, 0.05) is 11.1 Å². The van der Waals surface area contributed by atoms with Gasteiger partial charge >= 0.3 is 0 Å². The third-order valence-corrected chi connectivity index (χ3v) is 4.85. The molecule has 8 heteroatoms. The van der Waals surface area contributed by atoms with Crippen LogP contribution < -0.4 is 18.9 Å². The van der Waals surface area contributed by atoms with Gasteiger partial charge in [-0.1, -0.05) is 11.6 Å². The lowest BCUT2D eigenvalue weighted by atomic mass is 10.3. The van der Waals surface area contributed by atoms with Crippen LogP contribution in [0, 0.1) is 0 Å². The van der Waals surface area contributed by atoms with Crippen molar-refractivity contribution in [3.05, 3.63) is 41.4 Å². The second-order valence-electron chi connectivity index (χ2n) is 4.76. The van der Waals surface area contributed by atoms with Crippen molar-refractivity contribution < 1.29 is 22.6 Å². The zero-order valence-electron chi connectivity index (χ0n) is 12.2. The normalized spacial score (nSPS) is 13.5. The van der Waals surface area contributed by atoms with Crippen molar-refractivity contribution in [2.75, 3.05) is 25.0 Å². The van der Waals surface area contributed by atoms with Crippen LogP contribution in [0.15, 0.2) is 41.3 Å². The van der Waals surface area contributed by atoms with Crippen LogP contribution in [0.5, 0.6) is 17.2 Å². The number of nitrogens with one attached hydrogen (secondary N) is 1. The van der Waals surface area contributed by atoms with Gasteiger partial charge in [0.25, 0.3) is 10.0 Å². The lowest BCUT2D eigenvalue weighted by molar-refractivity contribution is 0.171. The zero-order valence-corrected chi connectivity index (χ0v) is 13.8. The second-order valence-corrected chi connectivity index (χ2v) is 6.85. The van der Waals surface area contributed by atoms with E-state index in [1.165, 1.54) is 19.2 Å². The van der Waals surface area contributed by atoms with Gasteiger partial charge in [0.05, 0.1) is 12.8 Å². The molecule has 0 aliphatic carbocycles. The fourth-order valence-corrected chi connectivity index (χ4v) is 3.66. The van der Waals surface area contributed by atoms with Gasteiger partial charge in [-0.25, -0.2) is 8.42 Å². The highest BCUT2D eigenvalue weighted by molar-refractivity contribution is 7.92. The van der Waals surface area contributed by atoms with Gasteiger partial charge in [-0.15, -0.1) is 0 Å². The predicted molar refractivity (Wildman–Crippen MR) is 86.2 cm³/mol. The molecule has 1 aliphatic rings. The molecule has 3 rings (SSSR count). The van der Waals surface area contributed by atoms with Crippen molar-refractivity contribution in [2.45, 2.75) is 4.90 Å². The number of hydrogen-bond donors (Lipinski definition) is 1. The molecule has 0 aromatic heterocycles. The van der Waals surface area contributed by atoms with Crippen LogP contribution in [0.2, 0.25) is 5.02 Å². The molecule has 0 amide bonds. The number of sulfonamides is 1. The Morgan fingerprint density at radius 3 is 2.57 bits per heavy atom. The van der Waals surface area contributed by atoms with Crippen molar-refractivity contribution in [3.63, 3.8) is 0 Å². The summed E-state index contributed by atoms with van der Waals surface area (Å²) >= 11 is 5.89. The average molecular weight is 356 g/mol. The number of ether oxygens (including phenoxy) is 3. The van der Waals surface area contributed by atoms with Crippen molar-refractivity contribution in [3.8, 4) is 17.2 Å². The van der Waals surface area contributed by atoms with Crippen LogP contribution in [0.1, 0.15) is 0 Å². The van der Waals surface area contributed by atoms with Crippen LogP contribution in [0.25, 0.3) is 0 Å². The SMILES string of the molecule is COc1ccc(Cl)cc1S(=O)(=O)Nc1ccc2c(c1)OCCO2. The minimum atomic E-state index is -3.86. The molecule has 0 unspecified atom stereocenters. The standard InChI is InChI=1S/C15H14ClNO5S/c1-20-13-4-2-10(16)8-15(13)23(18,19)17-11-3-5-12-14(9-11)22-7-6-21-12/h2-5,8-9,17H,6-7H2,1H3. The van der Waals surface area contributed by atoms with Gasteiger partial charge < -0.3 is 14.2 Å². The van der Waals surface area contributed by atoms with Gasteiger partial charge in [0.15, 0.2) is 11.5 Å². The molecule has 0 radical (unpaired) electrons. The van der Waals surface area contributed by atoms with Crippen LogP contribution >= 0.6 is 11.6 Å². The first-order chi connectivity index (χ1) is 11.0. The lowest BCUT2D eigenvalue weighted by Gasteiger charge is -2.19. The summed E-state index contributed by atoms with van der Waals surface area (Å²) in [6.45, 7) is 0.892. The molecule has 0 spiro atoms. The maximum Gasteiger partial charge on any atom is 0.265 e. The van der Waals surface area contributed by atoms with E-state index in [0.29, 0.717) is 35.4 Å². The first-order valence-corrected chi connectivity index (χ1v) is 8.62. The van der Waals surface area contributed by atoms with Crippen molar-refractivity contribution in [1.82, 2.24) is 0 Å². The Balaban J connectivity index is 1.94. The largest absolute Gasteiger partial charge is 0.495 e. The Morgan fingerprint density at radius 2 is 1.83 bits per heavy atom. The quantitative estimate of drug-likeness (QED) is 0.912. The first-order valence-electron chi connectivity index (χ1n) is 6.75. The number of methoxy groups -OCH3 is 1. The van der Waals surface area contributed by atoms with Crippen LogP contribution in [0.4, 0.5) is 5.69 Å². The molecular formula is C15H14ClNO5S. The molecule has 122 valence electrons. The molecule has 2 aromatic rings. The van der Waals surface area contributed by atoms with E-state index in [-0.39, 0.29) is 10.6 Å². The fraction of sp³-hybridized carbons (Fsp3) is 0.200. The summed E-state index contributed by atoms with van der Waals surface area (Å²) in [5.41, 5.74) is 0.358. The zero-order chi connectivity index (χ0) is 16.4. The molecule has 1 aliphatic heterocycles. The monoisotopic (exact) mass is 355 g/mol. The number of hydrogen-bond acceptors (Lipinski definition) is 5. The Kier molecular flexibility index (Phi) is 4.23. The molecule has 0 saturated carbocycles. The van der Waals surface area contributed by atoms with Crippen molar-refractivity contribution in [1.29, 1.82) is 0 Å². The highest BCUT2D eigenvalue weighted by atomic mass is 35.5. The summed E-state index contributed by atoms with van der Waals surface area (Å²) < 4.78 is 43.6. The lowest BCUT2D eigenvalue weighted by Crippen LogP contribution is -2.17. The maximum atomic E-state index is 12.6. The average Bonchev–Trinajstić information content (AvgIpc) is 2.54. The molecule has 6 nitrogen and oxygen atoms in total. The molecule has 0 fully saturated rings. The number of anilines is 1. The molecule has 0 atom stereocenters. The van der Waals surface area contributed by atoms with Crippen LogP contribution in [0.3, 0.4) is 0 Å². The highest BCUT2D eigenvalue weighted by Gasteiger charge is 2.21. The maximum absolute atomic E-state index is 12.6. The Bertz CT molecular complexity index is 838. The smallest absolute Gasteiger partial charge is 0.265 e. The summed E-state index contributed by atoms with van der Waals surface area (Å²) in [7, 11) is -2.47. The molecular weight excluding hydrogens is 342 g/mol. The van der Waals surface area contributed by atoms with E-state index in [1.807, 2.05) is 0 Å². The summed E-state index contributed by atoms with van der Waals surface area (Å²) in [6, 6.07) is 9.22. The molecule has 1 N–H and O–H groups in total. The number of halogens is 1. The first kappa shape index (κ1) is 15.8. The molecule has 23 heavy (non-hydrogen) atoms. The number of fused-ring (bicyclic) bond motifs is 1. The third kappa shape index (κ3) is 3.30. The van der Waals surface area contributed by atoms with E-state index in [9.17, 15) is 8.42 Å². The third-order valence-electron chi connectivity index (χ3n) is 3.21. The van der Waals surface area contributed by atoms with E-state index in [2.05, 4.69) is 4.72 Å². The summed E-state index contributed by atoms with van der Waals surface area (Å²) in [5, 5.41) is 0.299. The van der Waals surface area contributed by atoms with E-state index < -0.39 is 10.0 Å². The fourth-order valence-electron chi connectivity index (χ4n) is 2.18. The summed E-state index contributed by atoms with van der Waals surface area (Å²) in [6.07, 6.45) is 0.